The van der Waals surface area contributed by atoms with Gasteiger partial charge in [-0.25, -0.2) is 0 Å². The van der Waals surface area contributed by atoms with E-state index in [4.69, 9.17) is 10.5 Å². The number of ether oxygens (including phenoxy) is 1. The third kappa shape index (κ3) is 2.99. The summed E-state index contributed by atoms with van der Waals surface area (Å²) in [6.45, 7) is 3.73. The van der Waals surface area contributed by atoms with Gasteiger partial charge in [-0.15, -0.1) is 0 Å². The molecule has 2 N–H and O–H groups in total. The number of hydrogen-bond donors (Lipinski definition) is 1. The molecule has 0 saturated carbocycles. The van der Waals surface area contributed by atoms with Gasteiger partial charge < -0.3 is 15.4 Å². The van der Waals surface area contributed by atoms with E-state index in [0.29, 0.717) is 12.6 Å². The zero-order chi connectivity index (χ0) is 12.3. The van der Waals surface area contributed by atoms with E-state index in [9.17, 15) is 0 Å². The first kappa shape index (κ1) is 12.4. The minimum atomic E-state index is 0.269. The molecule has 0 bridgehead atoms. The molecule has 0 spiro atoms. The fraction of sp³-hybridized carbons (Fsp3) is 0.571. The minimum Gasteiger partial charge on any atom is -0.372 e. The average Bonchev–Trinajstić information content (AvgIpc) is 2.77. The van der Waals surface area contributed by atoms with E-state index in [0.717, 1.165) is 19.4 Å². The molecule has 1 heterocycles. The lowest BCUT2D eigenvalue weighted by Gasteiger charge is -2.24. The van der Waals surface area contributed by atoms with Crippen LogP contribution < -0.4 is 10.6 Å². The second-order valence-electron chi connectivity index (χ2n) is 4.86. The first-order valence-corrected chi connectivity index (χ1v) is 6.33. The van der Waals surface area contributed by atoms with Gasteiger partial charge in [-0.1, -0.05) is 18.2 Å². The molecule has 2 rings (SSSR count). The van der Waals surface area contributed by atoms with Gasteiger partial charge in [0.1, 0.15) is 0 Å². The van der Waals surface area contributed by atoms with Crippen LogP contribution in [0.2, 0.25) is 0 Å². The normalized spacial score (nSPS) is 23.9. The van der Waals surface area contributed by atoms with E-state index in [1.165, 1.54) is 11.3 Å². The van der Waals surface area contributed by atoms with Crippen LogP contribution in [-0.2, 0) is 4.74 Å². The number of likely N-dealkylation sites (N-methyl/N-ethyl adjacent to an activating group) is 1. The summed E-state index contributed by atoms with van der Waals surface area (Å²) < 4.78 is 5.88. The molecule has 1 aromatic rings. The molecule has 0 radical (unpaired) electrons. The van der Waals surface area contributed by atoms with Crippen molar-refractivity contribution in [3.8, 4) is 0 Å². The van der Waals surface area contributed by atoms with Crippen LogP contribution >= 0.6 is 0 Å². The summed E-state index contributed by atoms with van der Waals surface area (Å²) in [5, 5.41) is 0. The van der Waals surface area contributed by atoms with Gasteiger partial charge in [0.25, 0.3) is 0 Å². The van der Waals surface area contributed by atoms with Gasteiger partial charge in [-0.05, 0) is 31.4 Å². The largest absolute Gasteiger partial charge is 0.372 e. The SMILES string of the molecule is Cc1ccccc1N(C)CC1CCC(CN)O1. The molecule has 1 aliphatic heterocycles. The highest BCUT2D eigenvalue weighted by molar-refractivity contribution is 5.52. The summed E-state index contributed by atoms with van der Waals surface area (Å²) in [4.78, 5) is 2.28. The minimum absolute atomic E-state index is 0.269. The molecule has 1 fully saturated rings. The molecule has 17 heavy (non-hydrogen) atoms. The molecule has 2 atom stereocenters. The van der Waals surface area contributed by atoms with Crippen molar-refractivity contribution in [2.75, 3.05) is 25.0 Å². The lowest BCUT2D eigenvalue weighted by molar-refractivity contribution is 0.0549. The molecule has 3 nitrogen and oxygen atoms in total. The van der Waals surface area contributed by atoms with Crippen LogP contribution in [0.5, 0.6) is 0 Å². The zero-order valence-corrected chi connectivity index (χ0v) is 10.7. The predicted octanol–water partition coefficient (Wildman–Crippen LogP) is 1.94. The Balaban J connectivity index is 1.94. The summed E-state index contributed by atoms with van der Waals surface area (Å²) in [7, 11) is 2.13. The second-order valence-corrected chi connectivity index (χ2v) is 4.86. The second kappa shape index (κ2) is 5.52. The van der Waals surface area contributed by atoms with Crippen LogP contribution in [0.25, 0.3) is 0 Å². The van der Waals surface area contributed by atoms with Crippen molar-refractivity contribution in [1.29, 1.82) is 0 Å². The van der Waals surface area contributed by atoms with Gasteiger partial charge in [-0.2, -0.15) is 0 Å². The quantitative estimate of drug-likeness (QED) is 0.865. The number of hydrogen-bond acceptors (Lipinski definition) is 3. The number of anilines is 1. The highest BCUT2D eigenvalue weighted by atomic mass is 16.5. The maximum Gasteiger partial charge on any atom is 0.0755 e. The lowest BCUT2D eigenvalue weighted by Crippen LogP contribution is -2.30. The molecular weight excluding hydrogens is 212 g/mol. The predicted molar refractivity (Wildman–Crippen MR) is 71.4 cm³/mol. The van der Waals surface area contributed by atoms with Crippen molar-refractivity contribution in [2.45, 2.75) is 32.0 Å². The number of nitrogens with two attached hydrogens (primary N) is 1. The monoisotopic (exact) mass is 234 g/mol. The molecule has 0 aliphatic carbocycles. The van der Waals surface area contributed by atoms with Gasteiger partial charge in [0.15, 0.2) is 0 Å². The average molecular weight is 234 g/mol. The Hall–Kier alpha value is -1.06. The van der Waals surface area contributed by atoms with Crippen molar-refractivity contribution in [2.24, 2.45) is 5.73 Å². The number of para-hydroxylation sites is 1. The standard InChI is InChI=1S/C14H22N2O/c1-11-5-3-4-6-14(11)16(2)10-13-8-7-12(9-15)17-13/h3-6,12-13H,7-10,15H2,1-2H3. The van der Waals surface area contributed by atoms with Gasteiger partial charge in [0.2, 0.25) is 0 Å². The Morgan fingerprint density at radius 2 is 2.00 bits per heavy atom. The Morgan fingerprint density at radius 3 is 2.65 bits per heavy atom. The molecule has 1 aliphatic rings. The lowest BCUT2D eigenvalue weighted by atomic mass is 10.1. The number of rotatable bonds is 4. The van der Waals surface area contributed by atoms with E-state index in [1.54, 1.807) is 0 Å². The van der Waals surface area contributed by atoms with Crippen LogP contribution in [0.3, 0.4) is 0 Å². The third-order valence-electron chi connectivity index (χ3n) is 3.46. The fourth-order valence-corrected chi connectivity index (χ4v) is 2.48. The smallest absolute Gasteiger partial charge is 0.0755 e. The maximum atomic E-state index is 5.88. The van der Waals surface area contributed by atoms with Crippen LogP contribution in [0.4, 0.5) is 5.69 Å². The van der Waals surface area contributed by atoms with E-state index < -0.39 is 0 Å². The van der Waals surface area contributed by atoms with E-state index in [1.807, 2.05) is 0 Å². The maximum absolute atomic E-state index is 5.88. The number of nitrogens with zero attached hydrogens (tertiary/aromatic N) is 1. The van der Waals surface area contributed by atoms with E-state index >= 15 is 0 Å². The summed E-state index contributed by atoms with van der Waals surface area (Å²) >= 11 is 0. The van der Waals surface area contributed by atoms with E-state index in [2.05, 4.69) is 43.1 Å². The number of aryl methyl sites for hydroxylation is 1. The van der Waals surface area contributed by atoms with Crippen molar-refractivity contribution >= 4 is 5.69 Å². The Labute approximate surface area is 104 Å². The van der Waals surface area contributed by atoms with Crippen LogP contribution in [0, 0.1) is 6.92 Å². The van der Waals surface area contributed by atoms with Gasteiger partial charge in [0, 0.05) is 25.8 Å². The zero-order valence-electron chi connectivity index (χ0n) is 10.7. The van der Waals surface area contributed by atoms with Crippen LogP contribution in [-0.4, -0.2) is 32.3 Å². The molecule has 1 aromatic carbocycles. The van der Waals surface area contributed by atoms with Crippen molar-refractivity contribution < 1.29 is 4.74 Å². The summed E-state index contributed by atoms with van der Waals surface area (Å²) in [6.07, 6.45) is 2.82. The molecule has 0 aromatic heterocycles. The third-order valence-corrected chi connectivity index (χ3v) is 3.46. The molecule has 94 valence electrons. The number of benzene rings is 1. The molecular formula is C14H22N2O. The summed E-state index contributed by atoms with van der Waals surface area (Å²) in [5.41, 5.74) is 8.22. The van der Waals surface area contributed by atoms with E-state index in [-0.39, 0.29) is 6.10 Å². The van der Waals surface area contributed by atoms with Crippen molar-refractivity contribution in [1.82, 2.24) is 0 Å². The molecule has 0 amide bonds. The van der Waals surface area contributed by atoms with Crippen LogP contribution in [0.15, 0.2) is 24.3 Å². The summed E-state index contributed by atoms with van der Waals surface area (Å²) in [5.74, 6) is 0. The summed E-state index contributed by atoms with van der Waals surface area (Å²) in [6, 6.07) is 8.45. The first-order valence-electron chi connectivity index (χ1n) is 6.33. The molecule has 3 heteroatoms. The highest BCUT2D eigenvalue weighted by Crippen LogP contribution is 2.23. The Bertz CT molecular complexity index is 367. The van der Waals surface area contributed by atoms with Crippen molar-refractivity contribution in [3.63, 3.8) is 0 Å². The van der Waals surface area contributed by atoms with Gasteiger partial charge in [-0.3, -0.25) is 0 Å². The van der Waals surface area contributed by atoms with Gasteiger partial charge >= 0.3 is 0 Å². The fourth-order valence-electron chi connectivity index (χ4n) is 2.48. The topological polar surface area (TPSA) is 38.5 Å². The molecule has 1 saturated heterocycles. The Morgan fingerprint density at radius 1 is 1.29 bits per heavy atom. The molecule has 2 unspecified atom stereocenters. The first-order chi connectivity index (χ1) is 8.20. The Kier molecular flexibility index (Phi) is 4.02. The van der Waals surface area contributed by atoms with Crippen molar-refractivity contribution in [3.05, 3.63) is 29.8 Å². The highest BCUT2D eigenvalue weighted by Gasteiger charge is 2.25. The van der Waals surface area contributed by atoms with Crippen LogP contribution in [0.1, 0.15) is 18.4 Å². The van der Waals surface area contributed by atoms with Gasteiger partial charge in [0.05, 0.1) is 12.2 Å².